The molecule has 7 nitrogen and oxygen atoms in total. The van der Waals surface area contributed by atoms with Gasteiger partial charge in [-0.05, 0) is 54.1 Å². The minimum absolute atomic E-state index is 0.205. The molecule has 0 spiro atoms. The number of ether oxygens (including phenoxy) is 2. The number of rotatable bonds is 6. The number of hydrogen-bond acceptors (Lipinski definition) is 5. The van der Waals surface area contributed by atoms with Gasteiger partial charge in [0, 0.05) is 28.9 Å². The summed E-state index contributed by atoms with van der Waals surface area (Å²) in [5.41, 5.74) is 2.86. The summed E-state index contributed by atoms with van der Waals surface area (Å²) in [7, 11) is 3.16. The molecule has 4 rings (SSSR count). The number of methoxy groups -OCH3 is 2. The number of halogens is 1. The molecule has 0 saturated carbocycles. The fourth-order valence-electron chi connectivity index (χ4n) is 3.10. The molecular weight excluding hydrogens is 404 g/mol. The van der Waals surface area contributed by atoms with Crippen molar-refractivity contribution in [2.24, 2.45) is 0 Å². The second-order valence-electron chi connectivity index (χ2n) is 6.55. The quantitative estimate of drug-likeness (QED) is 0.508. The Kier molecular flexibility index (Phi) is 5.54. The first-order chi connectivity index (χ1) is 14.6. The summed E-state index contributed by atoms with van der Waals surface area (Å²) in [5, 5.41) is 12.0. The molecule has 30 heavy (non-hydrogen) atoms. The first-order valence-corrected chi connectivity index (χ1v) is 9.56. The van der Waals surface area contributed by atoms with Crippen LogP contribution in [-0.2, 0) is 6.54 Å². The summed E-state index contributed by atoms with van der Waals surface area (Å²) < 4.78 is 12.4. The van der Waals surface area contributed by atoms with Crippen molar-refractivity contribution >= 4 is 23.2 Å². The third-order valence-corrected chi connectivity index (χ3v) is 4.93. The molecule has 8 heteroatoms. The van der Waals surface area contributed by atoms with Crippen LogP contribution in [0.1, 0.15) is 15.9 Å². The van der Waals surface area contributed by atoms with E-state index < -0.39 is 0 Å². The van der Waals surface area contributed by atoms with Gasteiger partial charge in [0.1, 0.15) is 0 Å². The van der Waals surface area contributed by atoms with Crippen LogP contribution in [0, 0.1) is 0 Å². The Morgan fingerprint density at radius 1 is 1.00 bits per heavy atom. The zero-order valence-corrected chi connectivity index (χ0v) is 17.2. The van der Waals surface area contributed by atoms with Crippen LogP contribution in [0.3, 0.4) is 0 Å². The Labute approximate surface area is 178 Å². The van der Waals surface area contributed by atoms with Crippen molar-refractivity contribution in [1.29, 1.82) is 0 Å². The number of pyridine rings is 1. The molecule has 0 aliphatic rings. The summed E-state index contributed by atoms with van der Waals surface area (Å²) in [6.07, 6.45) is 1.78. The van der Waals surface area contributed by atoms with Crippen LogP contribution < -0.4 is 14.8 Å². The second kappa shape index (κ2) is 8.42. The second-order valence-corrected chi connectivity index (χ2v) is 6.98. The molecule has 152 valence electrons. The maximum atomic E-state index is 12.6. The van der Waals surface area contributed by atoms with Crippen LogP contribution in [0.25, 0.3) is 17.0 Å². The zero-order valence-electron chi connectivity index (χ0n) is 16.4. The molecule has 0 atom stereocenters. The highest BCUT2D eigenvalue weighted by molar-refractivity contribution is 6.30. The van der Waals surface area contributed by atoms with E-state index in [1.807, 2.05) is 28.7 Å². The largest absolute Gasteiger partial charge is 0.493 e. The number of aromatic nitrogens is 3. The Bertz CT molecular complexity index is 1200. The molecule has 0 saturated heterocycles. The molecule has 2 aromatic heterocycles. The Morgan fingerprint density at radius 2 is 1.77 bits per heavy atom. The van der Waals surface area contributed by atoms with Crippen molar-refractivity contribution in [3.63, 3.8) is 0 Å². The van der Waals surface area contributed by atoms with Crippen molar-refractivity contribution < 1.29 is 14.3 Å². The van der Waals surface area contributed by atoms with E-state index >= 15 is 0 Å². The van der Waals surface area contributed by atoms with Gasteiger partial charge in [-0.15, -0.1) is 10.2 Å². The third-order valence-electron chi connectivity index (χ3n) is 4.68. The topological polar surface area (TPSA) is 77.8 Å². The molecule has 0 radical (unpaired) electrons. The normalized spacial score (nSPS) is 10.8. The highest BCUT2D eigenvalue weighted by Gasteiger charge is 2.12. The molecule has 2 heterocycles. The Morgan fingerprint density at radius 3 is 2.50 bits per heavy atom. The summed E-state index contributed by atoms with van der Waals surface area (Å²) >= 11 is 5.95. The van der Waals surface area contributed by atoms with Crippen LogP contribution in [0.4, 0.5) is 0 Å². The van der Waals surface area contributed by atoms with Gasteiger partial charge in [0.25, 0.3) is 5.91 Å². The fraction of sp³-hybridized carbons (Fsp3) is 0.136. The minimum Gasteiger partial charge on any atom is -0.493 e. The number of benzene rings is 2. The van der Waals surface area contributed by atoms with Crippen molar-refractivity contribution in [2.45, 2.75) is 6.54 Å². The highest BCUT2D eigenvalue weighted by atomic mass is 35.5. The fourth-order valence-corrected chi connectivity index (χ4v) is 3.23. The number of fused-ring (bicyclic) bond motifs is 1. The number of hydrogen-bond donors (Lipinski definition) is 1. The number of amides is 1. The summed E-state index contributed by atoms with van der Waals surface area (Å²) in [6.45, 7) is 0.354. The lowest BCUT2D eigenvalue weighted by molar-refractivity contribution is 0.0951. The molecule has 2 aromatic carbocycles. The molecule has 0 unspecified atom stereocenters. The Balaban J connectivity index is 1.51. The number of nitrogens with one attached hydrogen (secondary N) is 1. The predicted octanol–water partition coefficient (Wildman–Crippen LogP) is 4.00. The van der Waals surface area contributed by atoms with Crippen molar-refractivity contribution in [3.05, 3.63) is 76.9 Å². The summed E-state index contributed by atoms with van der Waals surface area (Å²) in [5.74, 6) is 1.73. The van der Waals surface area contributed by atoms with Crippen molar-refractivity contribution in [1.82, 2.24) is 19.9 Å². The van der Waals surface area contributed by atoms with E-state index in [9.17, 15) is 4.79 Å². The van der Waals surface area contributed by atoms with Crippen LogP contribution in [-0.4, -0.2) is 34.7 Å². The lowest BCUT2D eigenvalue weighted by Gasteiger charge is -2.10. The average Bonchev–Trinajstić information content (AvgIpc) is 3.21. The van der Waals surface area contributed by atoms with E-state index in [1.165, 1.54) is 0 Å². The molecule has 4 aromatic rings. The lowest BCUT2D eigenvalue weighted by atomic mass is 10.2. The summed E-state index contributed by atoms with van der Waals surface area (Å²) in [4.78, 5) is 12.6. The molecule has 1 N–H and O–H groups in total. The molecule has 0 aliphatic carbocycles. The maximum absolute atomic E-state index is 12.6. The maximum Gasteiger partial charge on any atom is 0.251 e. The predicted molar refractivity (Wildman–Crippen MR) is 114 cm³/mol. The van der Waals surface area contributed by atoms with Gasteiger partial charge in [0.2, 0.25) is 0 Å². The van der Waals surface area contributed by atoms with Crippen molar-refractivity contribution in [2.75, 3.05) is 14.2 Å². The van der Waals surface area contributed by atoms with E-state index in [0.717, 1.165) is 11.1 Å². The van der Waals surface area contributed by atoms with Gasteiger partial charge >= 0.3 is 0 Å². The number of carbonyl (C=O) groups excluding carboxylic acids is 1. The molecular formula is C22H19ClN4O3. The zero-order chi connectivity index (χ0) is 21.1. The van der Waals surface area contributed by atoms with Crippen LogP contribution in [0.2, 0.25) is 5.02 Å². The molecule has 0 bridgehead atoms. The molecule has 0 fully saturated rings. The van der Waals surface area contributed by atoms with Gasteiger partial charge in [0.15, 0.2) is 23.0 Å². The number of nitrogens with zero attached hydrogens (tertiary/aromatic N) is 3. The average molecular weight is 423 g/mol. The SMILES string of the molecule is COc1ccc(CNC(=O)c2ccn3c(-c4ccc(Cl)cc4)nnc3c2)cc1OC. The third kappa shape index (κ3) is 3.92. The lowest BCUT2D eigenvalue weighted by Crippen LogP contribution is -2.22. The molecule has 0 aliphatic heterocycles. The van der Waals surface area contributed by atoms with E-state index in [2.05, 4.69) is 15.5 Å². The Hall–Kier alpha value is -3.58. The smallest absolute Gasteiger partial charge is 0.251 e. The van der Waals surface area contributed by atoms with E-state index in [0.29, 0.717) is 40.1 Å². The van der Waals surface area contributed by atoms with Crippen LogP contribution in [0.5, 0.6) is 11.5 Å². The first-order valence-electron chi connectivity index (χ1n) is 9.19. The highest BCUT2D eigenvalue weighted by Crippen LogP contribution is 2.27. The minimum atomic E-state index is -0.205. The van der Waals surface area contributed by atoms with Gasteiger partial charge in [0.05, 0.1) is 14.2 Å². The van der Waals surface area contributed by atoms with Crippen molar-refractivity contribution in [3.8, 4) is 22.9 Å². The summed E-state index contributed by atoms with van der Waals surface area (Å²) in [6, 6.07) is 16.3. The van der Waals surface area contributed by atoms with Crippen LogP contribution >= 0.6 is 11.6 Å². The molecule has 1 amide bonds. The van der Waals surface area contributed by atoms with E-state index in [4.69, 9.17) is 21.1 Å². The van der Waals surface area contributed by atoms with E-state index in [-0.39, 0.29) is 5.91 Å². The van der Waals surface area contributed by atoms with Gasteiger partial charge in [-0.1, -0.05) is 17.7 Å². The van der Waals surface area contributed by atoms with Gasteiger partial charge in [-0.3, -0.25) is 9.20 Å². The first kappa shape index (κ1) is 19.7. The monoisotopic (exact) mass is 422 g/mol. The number of carbonyl (C=O) groups is 1. The van der Waals surface area contributed by atoms with Crippen LogP contribution in [0.15, 0.2) is 60.8 Å². The van der Waals surface area contributed by atoms with E-state index in [1.54, 1.807) is 50.7 Å². The van der Waals surface area contributed by atoms with Gasteiger partial charge in [-0.2, -0.15) is 0 Å². The van der Waals surface area contributed by atoms with Gasteiger partial charge in [-0.25, -0.2) is 0 Å². The standard InChI is InChI=1S/C22H19ClN4O3/c1-29-18-8-3-14(11-19(18)30-2)13-24-22(28)16-9-10-27-20(12-16)25-26-21(27)15-4-6-17(23)7-5-15/h3-12H,13H2,1-2H3,(H,24,28). The van der Waals surface area contributed by atoms with Gasteiger partial charge < -0.3 is 14.8 Å².